The number of cyclic esters (lactones) is 6. The third kappa shape index (κ3) is 5.00. The molecule has 194 valence electrons. The summed E-state index contributed by atoms with van der Waals surface area (Å²) in [7, 11) is 4.05. The van der Waals surface area contributed by atoms with Gasteiger partial charge in [-0.2, -0.15) is 0 Å². The van der Waals surface area contributed by atoms with Crippen LogP contribution in [0.5, 0.6) is 0 Å². The highest BCUT2D eigenvalue weighted by atomic mass is 16.6. The first-order valence-electron chi connectivity index (χ1n) is 11.4. The molecule has 0 unspecified atom stereocenters. The number of hydrogen-bond acceptors (Lipinski definition) is 12. The van der Waals surface area contributed by atoms with Crippen LogP contribution in [0.2, 0.25) is 0 Å². The highest BCUT2D eigenvalue weighted by Gasteiger charge is 2.56. The number of hydrogen-bond donors (Lipinski definition) is 0. The van der Waals surface area contributed by atoms with Gasteiger partial charge in [-0.05, 0) is 19.3 Å². The van der Waals surface area contributed by atoms with Gasteiger partial charge >= 0.3 is 35.8 Å². The average molecular weight is 498 g/mol. The molecule has 0 spiro atoms. The molecule has 0 aromatic carbocycles. The molecule has 35 heavy (non-hydrogen) atoms. The second kappa shape index (κ2) is 10.9. The quantitative estimate of drug-likeness (QED) is 0.217. The number of esters is 6. The van der Waals surface area contributed by atoms with E-state index in [1.165, 1.54) is 28.3 Å². The van der Waals surface area contributed by atoms with Crippen molar-refractivity contribution in [3.05, 3.63) is 0 Å². The molecule has 3 fully saturated rings. The number of rotatable bonds is 11. The fourth-order valence-corrected chi connectivity index (χ4v) is 5.35. The molecular weight excluding hydrogens is 468 g/mol. The van der Waals surface area contributed by atoms with Crippen LogP contribution in [0.15, 0.2) is 0 Å². The van der Waals surface area contributed by atoms with E-state index in [2.05, 4.69) is 4.74 Å². The molecule has 12 heteroatoms. The summed E-state index contributed by atoms with van der Waals surface area (Å²) in [6.45, 7) is 3.31. The van der Waals surface area contributed by atoms with E-state index in [-0.39, 0.29) is 12.8 Å². The molecule has 9 atom stereocenters. The van der Waals surface area contributed by atoms with Crippen LogP contribution < -0.4 is 0 Å². The molecule has 0 aromatic rings. The van der Waals surface area contributed by atoms with Crippen LogP contribution in [0.25, 0.3) is 0 Å². The molecule has 3 heterocycles. The molecule has 0 aromatic heterocycles. The van der Waals surface area contributed by atoms with Gasteiger partial charge in [-0.15, -0.1) is 0 Å². The summed E-state index contributed by atoms with van der Waals surface area (Å²) >= 11 is 0. The van der Waals surface area contributed by atoms with Crippen LogP contribution in [0.3, 0.4) is 0 Å². The maximum absolute atomic E-state index is 12.7. The number of ether oxygens (including phenoxy) is 6. The summed E-state index contributed by atoms with van der Waals surface area (Å²) in [4.78, 5) is 74.2. The minimum absolute atomic E-state index is 0.104. The van der Waals surface area contributed by atoms with Crippen LogP contribution in [0, 0.1) is 35.5 Å². The molecule has 0 N–H and O–H groups in total. The molecule has 3 saturated heterocycles. The summed E-state index contributed by atoms with van der Waals surface area (Å²) < 4.78 is 30.7. The highest BCUT2D eigenvalue weighted by Crippen LogP contribution is 2.41. The van der Waals surface area contributed by atoms with Crippen molar-refractivity contribution in [2.24, 2.45) is 35.5 Å². The van der Waals surface area contributed by atoms with Gasteiger partial charge in [0.05, 0.1) is 53.8 Å². The molecule has 12 nitrogen and oxygen atoms in total. The highest BCUT2D eigenvalue weighted by molar-refractivity contribution is 5.99. The fourth-order valence-electron chi connectivity index (χ4n) is 5.35. The van der Waals surface area contributed by atoms with E-state index in [9.17, 15) is 28.8 Å². The Kier molecular flexibility index (Phi) is 8.39. The van der Waals surface area contributed by atoms with Gasteiger partial charge in [0.25, 0.3) is 0 Å². The van der Waals surface area contributed by atoms with Crippen molar-refractivity contribution >= 4 is 35.8 Å². The minimum Gasteiger partial charge on any atom is -0.393 e. The third-order valence-electron chi connectivity index (χ3n) is 7.29. The topological polar surface area (TPSA) is 158 Å². The fraction of sp³-hybridized carbons (Fsp3) is 0.739. The van der Waals surface area contributed by atoms with Crippen molar-refractivity contribution in [2.75, 3.05) is 21.3 Å². The lowest BCUT2D eigenvalue weighted by Crippen LogP contribution is -2.41. The van der Waals surface area contributed by atoms with Crippen LogP contribution >= 0.6 is 0 Å². The maximum atomic E-state index is 12.7. The third-order valence-corrected chi connectivity index (χ3v) is 7.29. The SMILES string of the molecule is CC[C@H](OC)[C@@H]1C(=O)OC(=O)[C@@H]1C[C@H](OC)[C@@H]1C(=O)OC(=O)[C@@H]1C[C@H](OC)[C@@H]1C(=O)OC(=O)[C@H]1C. The Balaban J connectivity index is 1.84. The maximum Gasteiger partial charge on any atom is 0.320 e. The van der Waals surface area contributed by atoms with Gasteiger partial charge in [-0.1, -0.05) is 13.8 Å². The van der Waals surface area contributed by atoms with Crippen LogP contribution in [0.1, 0.15) is 33.1 Å². The van der Waals surface area contributed by atoms with Crippen LogP contribution in [-0.4, -0.2) is 75.5 Å². The number of carbonyl (C=O) groups is 6. The van der Waals surface area contributed by atoms with E-state index in [0.717, 1.165) is 0 Å². The van der Waals surface area contributed by atoms with E-state index in [1.807, 2.05) is 0 Å². The van der Waals surface area contributed by atoms with E-state index >= 15 is 0 Å². The largest absolute Gasteiger partial charge is 0.393 e. The molecule has 0 bridgehead atoms. The second-order valence-corrected chi connectivity index (χ2v) is 9.00. The summed E-state index contributed by atoms with van der Waals surface area (Å²) in [5, 5.41) is 0. The Bertz CT molecular complexity index is 893. The minimum atomic E-state index is -1.14. The zero-order valence-corrected chi connectivity index (χ0v) is 20.2. The second-order valence-electron chi connectivity index (χ2n) is 9.00. The zero-order valence-electron chi connectivity index (χ0n) is 20.2. The van der Waals surface area contributed by atoms with Crippen molar-refractivity contribution < 1.29 is 57.2 Å². The van der Waals surface area contributed by atoms with E-state index in [4.69, 9.17) is 23.7 Å². The summed E-state index contributed by atoms with van der Waals surface area (Å²) in [5.41, 5.74) is 0. The summed E-state index contributed by atoms with van der Waals surface area (Å²) in [6.07, 6.45) is -2.30. The Hall–Kier alpha value is -2.70. The van der Waals surface area contributed by atoms with Crippen molar-refractivity contribution in [3.8, 4) is 0 Å². The molecule has 0 saturated carbocycles. The lowest BCUT2D eigenvalue weighted by Gasteiger charge is -2.29. The first-order valence-corrected chi connectivity index (χ1v) is 11.4. The lowest BCUT2D eigenvalue weighted by molar-refractivity contribution is -0.157. The first kappa shape index (κ1) is 26.9. The molecular formula is C23H30O12. The Morgan fingerprint density at radius 3 is 1.34 bits per heavy atom. The van der Waals surface area contributed by atoms with Crippen molar-refractivity contribution in [2.45, 2.75) is 51.4 Å². The molecule has 0 aliphatic carbocycles. The zero-order chi connectivity index (χ0) is 26.0. The van der Waals surface area contributed by atoms with Gasteiger partial charge < -0.3 is 28.4 Å². The van der Waals surface area contributed by atoms with E-state index in [0.29, 0.717) is 6.42 Å². The molecule has 3 aliphatic rings. The molecule has 0 amide bonds. The smallest absolute Gasteiger partial charge is 0.320 e. The summed E-state index contributed by atoms with van der Waals surface area (Å²) in [5.74, 6) is -10.5. The van der Waals surface area contributed by atoms with E-state index in [1.54, 1.807) is 6.92 Å². The van der Waals surface area contributed by atoms with Gasteiger partial charge in [0, 0.05) is 21.3 Å². The standard InChI is InChI=1S/C23H30O12/c1-6-12(30-3)16-10(19(25)34-22(16)28)8-14(32-5)17-11(20(26)35-23(17)29)7-13(31-4)15-9(2)18(24)33-21(15)27/h9-17H,6-8H2,1-5H3/t9-,10+,11+,12-,13-,14-,15+,16+,17+/m0/s1. The monoisotopic (exact) mass is 498 g/mol. The number of methoxy groups -OCH3 is 3. The average Bonchev–Trinajstić information content (AvgIpc) is 3.35. The van der Waals surface area contributed by atoms with Gasteiger partial charge in [0.1, 0.15) is 0 Å². The van der Waals surface area contributed by atoms with Gasteiger partial charge in [0.2, 0.25) is 0 Å². The van der Waals surface area contributed by atoms with Crippen molar-refractivity contribution in [1.82, 2.24) is 0 Å². The van der Waals surface area contributed by atoms with Crippen molar-refractivity contribution in [1.29, 1.82) is 0 Å². The van der Waals surface area contributed by atoms with Crippen molar-refractivity contribution in [3.63, 3.8) is 0 Å². The molecule has 0 radical (unpaired) electrons. The predicted molar refractivity (Wildman–Crippen MR) is 112 cm³/mol. The molecule has 3 aliphatic heterocycles. The number of carbonyl (C=O) groups excluding carboxylic acids is 6. The van der Waals surface area contributed by atoms with Gasteiger partial charge in [0.15, 0.2) is 0 Å². The Morgan fingerprint density at radius 1 is 0.600 bits per heavy atom. The normalized spacial score (nSPS) is 33.5. The Morgan fingerprint density at radius 2 is 0.971 bits per heavy atom. The van der Waals surface area contributed by atoms with E-state index < -0.39 is 89.6 Å². The van der Waals surface area contributed by atoms with Crippen LogP contribution in [0.4, 0.5) is 0 Å². The molecule has 3 rings (SSSR count). The lowest BCUT2D eigenvalue weighted by atomic mass is 9.76. The first-order chi connectivity index (χ1) is 16.6. The van der Waals surface area contributed by atoms with Gasteiger partial charge in [-0.3, -0.25) is 28.8 Å². The Labute approximate surface area is 201 Å². The summed E-state index contributed by atoms with van der Waals surface area (Å²) in [6, 6.07) is 0. The van der Waals surface area contributed by atoms with Crippen LogP contribution in [-0.2, 0) is 57.2 Å². The predicted octanol–water partition coefficient (Wildman–Crippen LogP) is 0.189. The van der Waals surface area contributed by atoms with Gasteiger partial charge in [-0.25, -0.2) is 0 Å².